The van der Waals surface area contributed by atoms with Gasteiger partial charge in [0.15, 0.2) is 10.7 Å². The highest BCUT2D eigenvalue weighted by Crippen LogP contribution is 2.21. The van der Waals surface area contributed by atoms with Crippen LogP contribution in [0.3, 0.4) is 0 Å². The molecule has 0 saturated carbocycles. The second kappa shape index (κ2) is 5.63. The van der Waals surface area contributed by atoms with Crippen molar-refractivity contribution in [3.63, 3.8) is 0 Å². The van der Waals surface area contributed by atoms with Crippen molar-refractivity contribution in [3.8, 4) is 0 Å². The summed E-state index contributed by atoms with van der Waals surface area (Å²) in [5.74, 6) is 3.99. The lowest BCUT2D eigenvalue weighted by Gasteiger charge is -1.97. The maximum atomic E-state index is 11.2. The number of nitrogens with two attached hydrogens (primary N) is 1. The molecule has 20 heavy (non-hydrogen) atoms. The van der Waals surface area contributed by atoms with Gasteiger partial charge in [0.2, 0.25) is 0 Å². The minimum Gasteiger partial charge on any atom is -0.358 e. The maximum absolute atomic E-state index is 11.2. The molecule has 2 aromatic rings. The van der Waals surface area contributed by atoms with Crippen molar-refractivity contribution in [2.75, 3.05) is 0 Å². The zero-order valence-electron chi connectivity index (χ0n) is 9.93. The molecule has 11 nitrogen and oxygen atoms in total. The topological polar surface area (TPSA) is 147 Å². The molecule has 2 heterocycles. The van der Waals surface area contributed by atoms with E-state index in [0.29, 0.717) is 6.54 Å². The number of nitrogen functional groups attached to an aromatic ring is 1. The zero-order chi connectivity index (χ0) is 14.7. The Morgan fingerprint density at radius 1 is 1.45 bits per heavy atom. The number of aromatic nitrogens is 5. The first kappa shape index (κ1) is 13.9. The quantitative estimate of drug-likeness (QED) is 0.322. The van der Waals surface area contributed by atoms with E-state index < -0.39 is 16.6 Å². The van der Waals surface area contributed by atoms with Crippen molar-refractivity contribution in [1.29, 1.82) is 0 Å². The van der Waals surface area contributed by atoms with Gasteiger partial charge in [-0.3, -0.25) is 10.2 Å². The van der Waals surface area contributed by atoms with Crippen molar-refractivity contribution in [2.24, 2.45) is 5.84 Å². The van der Waals surface area contributed by atoms with Crippen LogP contribution in [0.15, 0.2) is 12.4 Å². The van der Waals surface area contributed by atoms with E-state index in [1.54, 1.807) is 0 Å². The van der Waals surface area contributed by atoms with Gasteiger partial charge in [0.25, 0.3) is 5.91 Å². The Labute approximate surface area is 116 Å². The lowest BCUT2D eigenvalue weighted by atomic mass is 10.4. The van der Waals surface area contributed by atoms with Gasteiger partial charge in [-0.2, -0.15) is 4.68 Å². The molecule has 0 aliphatic carbocycles. The average Bonchev–Trinajstić information content (AvgIpc) is 3.02. The molecule has 2 aromatic heterocycles. The molecule has 2 rings (SSSR count). The molecule has 0 spiro atoms. The van der Waals surface area contributed by atoms with Crippen LogP contribution >= 0.6 is 11.6 Å². The van der Waals surface area contributed by atoms with Gasteiger partial charge in [0, 0.05) is 0 Å². The van der Waals surface area contributed by atoms with Crippen LogP contribution in [-0.2, 0) is 13.1 Å². The number of aryl methyl sites for hydroxylation is 2. The predicted molar refractivity (Wildman–Crippen MR) is 65.6 cm³/mol. The van der Waals surface area contributed by atoms with E-state index in [0.717, 1.165) is 0 Å². The monoisotopic (exact) mass is 300 g/mol. The molecule has 1 amide bonds. The predicted octanol–water partition coefficient (Wildman–Crippen LogP) is -0.660. The number of amides is 1. The van der Waals surface area contributed by atoms with E-state index >= 15 is 0 Å². The van der Waals surface area contributed by atoms with Crippen molar-refractivity contribution >= 4 is 23.3 Å². The van der Waals surface area contributed by atoms with E-state index in [1.807, 2.05) is 5.43 Å². The van der Waals surface area contributed by atoms with Crippen LogP contribution in [0.1, 0.15) is 10.5 Å². The van der Waals surface area contributed by atoms with Gasteiger partial charge in [0.05, 0.1) is 30.6 Å². The second-order valence-electron chi connectivity index (χ2n) is 3.66. The molecule has 0 aromatic carbocycles. The number of nitrogens with one attached hydrogen (secondary N) is 1. The summed E-state index contributed by atoms with van der Waals surface area (Å²) in [6.45, 7) is 0.584. The molecule has 0 aliphatic rings. The Morgan fingerprint density at radius 2 is 2.15 bits per heavy atom. The molecule has 0 bridgehead atoms. The molecule has 3 N–H and O–H groups in total. The third kappa shape index (κ3) is 2.89. The number of carbonyl (C=O) groups excluding carboxylic acids is 1. The summed E-state index contributed by atoms with van der Waals surface area (Å²) in [5, 5.41) is 21.6. The molecule has 0 fully saturated rings. The van der Waals surface area contributed by atoms with Crippen LogP contribution in [0.25, 0.3) is 0 Å². The highest BCUT2D eigenvalue weighted by atomic mass is 35.5. The normalized spacial score (nSPS) is 10.5. The van der Waals surface area contributed by atoms with Crippen LogP contribution in [-0.4, -0.2) is 35.6 Å². The minimum atomic E-state index is -0.669. The van der Waals surface area contributed by atoms with Crippen LogP contribution in [0.4, 0.5) is 5.82 Å². The number of nitro groups is 1. The van der Waals surface area contributed by atoms with Gasteiger partial charge >= 0.3 is 5.82 Å². The number of hydrogen-bond acceptors (Lipinski definition) is 7. The molecule has 0 saturated heterocycles. The molecular weight excluding hydrogens is 292 g/mol. The summed E-state index contributed by atoms with van der Waals surface area (Å²) in [5.41, 5.74) is 1.99. The lowest BCUT2D eigenvalue weighted by Crippen LogP contribution is -2.30. The van der Waals surface area contributed by atoms with Crippen LogP contribution in [0, 0.1) is 10.1 Å². The smallest absolute Gasteiger partial charge is 0.358 e. The molecule has 0 unspecified atom stereocenters. The Balaban J connectivity index is 2.02. The summed E-state index contributed by atoms with van der Waals surface area (Å²) in [7, 11) is 0. The Kier molecular flexibility index (Phi) is 3.91. The molecule has 0 radical (unpaired) electrons. The third-order valence-corrected chi connectivity index (χ3v) is 2.60. The van der Waals surface area contributed by atoms with E-state index in [1.165, 1.54) is 21.8 Å². The fourth-order valence-electron chi connectivity index (χ4n) is 1.42. The number of hydrazine groups is 1. The Hall–Kier alpha value is -2.53. The molecule has 12 heteroatoms. The Morgan fingerprint density at radius 3 is 2.75 bits per heavy atom. The number of nitrogens with zero attached hydrogens (tertiary/aromatic N) is 6. The highest BCUT2D eigenvalue weighted by molar-refractivity contribution is 6.32. The largest absolute Gasteiger partial charge is 0.408 e. The standard InChI is InChI=1S/C8H9ClN8O3/c9-5-3-15(13-7(5)17(19)20)1-2-16-4-6(12-14-16)8(18)11-10/h3-4H,1-2,10H2,(H,11,18). The van der Waals surface area contributed by atoms with Gasteiger partial charge in [0.1, 0.15) is 0 Å². The van der Waals surface area contributed by atoms with E-state index in [9.17, 15) is 14.9 Å². The first-order chi connectivity index (χ1) is 9.51. The number of rotatable bonds is 5. The number of hydrogen-bond donors (Lipinski definition) is 2. The fourth-order valence-corrected chi connectivity index (χ4v) is 1.64. The van der Waals surface area contributed by atoms with Crippen molar-refractivity contribution in [3.05, 3.63) is 33.2 Å². The zero-order valence-corrected chi connectivity index (χ0v) is 10.7. The SMILES string of the molecule is NNC(=O)c1cn(CCn2cc(Cl)c([N+](=O)[O-])n2)nn1. The first-order valence-corrected chi connectivity index (χ1v) is 5.67. The molecule has 106 valence electrons. The lowest BCUT2D eigenvalue weighted by molar-refractivity contribution is -0.389. The van der Waals surface area contributed by atoms with E-state index in [4.69, 9.17) is 17.4 Å². The van der Waals surface area contributed by atoms with Gasteiger partial charge in [-0.1, -0.05) is 16.8 Å². The molecule has 0 aliphatic heterocycles. The van der Waals surface area contributed by atoms with Crippen molar-refractivity contribution < 1.29 is 9.72 Å². The van der Waals surface area contributed by atoms with Gasteiger partial charge < -0.3 is 10.1 Å². The summed E-state index contributed by atoms with van der Waals surface area (Å²) >= 11 is 5.66. The first-order valence-electron chi connectivity index (χ1n) is 5.29. The van der Waals surface area contributed by atoms with Crippen LogP contribution < -0.4 is 11.3 Å². The van der Waals surface area contributed by atoms with Gasteiger partial charge in [-0.15, -0.1) is 5.10 Å². The maximum Gasteiger partial charge on any atom is 0.408 e. The minimum absolute atomic E-state index is 0.0446. The second-order valence-corrected chi connectivity index (χ2v) is 4.07. The number of carbonyl (C=O) groups is 1. The van der Waals surface area contributed by atoms with Crippen molar-refractivity contribution in [1.82, 2.24) is 30.2 Å². The summed E-state index contributed by atoms with van der Waals surface area (Å²) in [4.78, 5) is 21.1. The highest BCUT2D eigenvalue weighted by Gasteiger charge is 2.19. The van der Waals surface area contributed by atoms with Crippen molar-refractivity contribution in [2.45, 2.75) is 13.1 Å². The average molecular weight is 301 g/mol. The van der Waals surface area contributed by atoms with Gasteiger partial charge in [-0.05, 0) is 4.92 Å². The van der Waals surface area contributed by atoms with Crippen LogP contribution in [0.2, 0.25) is 5.02 Å². The Bertz CT molecular complexity index is 650. The van der Waals surface area contributed by atoms with Gasteiger partial charge in [-0.25, -0.2) is 10.5 Å². The van der Waals surface area contributed by atoms with E-state index in [-0.39, 0.29) is 17.3 Å². The third-order valence-electron chi connectivity index (χ3n) is 2.33. The summed E-state index contributed by atoms with van der Waals surface area (Å²) in [6.07, 6.45) is 2.73. The summed E-state index contributed by atoms with van der Waals surface area (Å²) < 4.78 is 2.69. The molecular formula is C8H9ClN8O3. The van der Waals surface area contributed by atoms with Crippen LogP contribution in [0.5, 0.6) is 0 Å². The number of halogens is 1. The summed E-state index contributed by atoms with van der Waals surface area (Å²) in [6, 6.07) is 0. The fraction of sp³-hybridized carbons (Fsp3) is 0.250. The van der Waals surface area contributed by atoms with E-state index in [2.05, 4.69) is 15.4 Å². The molecule has 0 atom stereocenters.